The van der Waals surface area contributed by atoms with Gasteiger partial charge < -0.3 is 5.73 Å². The first-order chi connectivity index (χ1) is 8.41. The molecule has 0 atom stereocenters. The van der Waals surface area contributed by atoms with Crippen LogP contribution in [0.5, 0.6) is 0 Å². The van der Waals surface area contributed by atoms with Gasteiger partial charge >= 0.3 is 0 Å². The molecule has 2 rings (SSSR count). The standard InChI is InChI=1S/C13H12FNO2S/c1-18(16,17)12-8-3-2-5-9(12)10-6-4-7-11(14)13(10)15/h2-8H,15H2,1H3. The van der Waals surface area contributed by atoms with Gasteiger partial charge in [-0.2, -0.15) is 0 Å². The van der Waals surface area contributed by atoms with Crippen LogP contribution in [-0.4, -0.2) is 14.7 Å². The van der Waals surface area contributed by atoms with E-state index in [2.05, 4.69) is 0 Å². The molecular weight excluding hydrogens is 253 g/mol. The third-order valence-corrected chi connectivity index (χ3v) is 3.78. The minimum Gasteiger partial charge on any atom is -0.396 e. The normalized spacial score (nSPS) is 11.4. The Hall–Kier alpha value is -1.88. The summed E-state index contributed by atoms with van der Waals surface area (Å²) in [5.41, 5.74) is 6.41. The quantitative estimate of drug-likeness (QED) is 0.849. The molecule has 0 saturated heterocycles. The second kappa shape index (κ2) is 4.42. The van der Waals surface area contributed by atoms with Crippen molar-refractivity contribution in [3.63, 3.8) is 0 Å². The number of rotatable bonds is 2. The summed E-state index contributed by atoms with van der Waals surface area (Å²) in [6.07, 6.45) is 1.11. The Bertz CT molecular complexity index is 696. The van der Waals surface area contributed by atoms with Crippen LogP contribution in [0.2, 0.25) is 0 Å². The van der Waals surface area contributed by atoms with Gasteiger partial charge in [-0.05, 0) is 12.1 Å². The van der Waals surface area contributed by atoms with Crippen LogP contribution >= 0.6 is 0 Å². The molecule has 0 aliphatic heterocycles. The fourth-order valence-corrected chi connectivity index (χ4v) is 2.69. The van der Waals surface area contributed by atoms with Gasteiger partial charge in [-0.1, -0.05) is 30.3 Å². The first-order valence-electron chi connectivity index (χ1n) is 5.24. The van der Waals surface area contributed by atoms with Crippen LogP contribution in [0.1, 0.15) is 0 Å². The van der Waals surface area contributed by atoms with Crippen LogP contribution in [0, 0.1) is 5.82 Å². The molecule has 0 aromatic heterocycles. The predicted octanol–water partition coefficient (Wildman–Crippen LogP) is 2.48. The van der Waals surface area contributed by atoms with Crippen LogP contribution in [-0.2, 0) is 9.84 Å². The third-order valence-electron chi connectivity index (χ3n) is 2.63. The van der Waals surface area contributed by atoms with Gasteiger partial charge in [0.25, 0.3) is 0 Å². The number of hydrogen-bond donors (Lipinski definition) is 1. The van der Waals surface area contributed by atoms with Crippen molar-refractivity contribution in [3.8, 4) is 11.1 Å². The monoisotopic (exact) mass is 265 g/mol. The molecular formula is C13H12FNO2S. The molecule has 94 valence electrons. The minimum absolute atomic E-state index is 0.0476. The van der Waals surface area contributed by atoms with E-state index < -0.39 is 15.7 Å². The molecule has 2 aromatic carbocycles. The molecule has 0 fully saturated rings. The third kappa shape index (κ3) is 2.22. The Morgan fingerprint density at radius 2 is 1.61 bits per heavy atom. The Morgan fingerprint density at radius 1 is 1.00 bits per heavy atom. The number of nitrogen functional groups attached to an aromatic ring is 1. The summed E-state index contributed by atoms with van der Waals surface area (Å²) >= 11 is 0. The molecule has 0 heterocycles. The Morgan fingerprint density at radius 3 is 2.28 bits per heavy atom. The van der Waals surface area contributed by atoms with Gasteiger partial charge in [0.2, 0.25) is 0 Å². The van der Waals surface area contributed by atoms with Crippen LogP contribution < -0.4 is 5.73 Å². The SMILES string of the molecule is CS(=O)(=O)c1ccccc1-c1cccc(F)c1N. The average molecular weight is 265 g/mol. The largest absolute Gasteiger partial charge is 0.396 e. The molecule has 0 unspecified atom stereocenters. The molecule has 0 spiro atoms. The van der Waals surface area contributed by atoms with Gasteiger partial charge in [-0.25, -0.2) is 12.8 Å². The zero-order valence-electron chi connectivity index (χ0n) is 9.72. The molecule has 0 radical (unpaired) electrons. The second-order valence-electron chi connectivity index (χ2n) is 3.97. The molecule has 0 aliphatic carbocycles. The molecule has 2 N–H and O–H groups in total. The summed E-state index contributed by atoms with van der Waals surface area (Å²) in [4.78, 5) is 0.141. The summed E-state index contributed by atoms with van der Waals surface area (Å²) in [6.45, 7) is 0. The van der Waals surface area contributed by atoms with Crippen molar-refractivity contribution in [2.75, 3.05) is 12.0 Å². The Labute approximate surface area is 105 Å². The number of halogens is 1. The van der Waals surface area contributed by atoms with E-state index >= 15 is 0 Å². The maximum absolute atomic E-state index is 13.4. The van der Waals surface area contributed by atoms with Crippen LogP contribution in [0.3, 0.4) is 0 Å². The van der Waals surface area contributed by atoms with Gasteiger partial charge in [-0.3, -0.25) is 0 Å². The number of hydrogen-bond acceptors (Lipinski definition) is 3. The lowest BCUT2D eigenvalue weighted by Crippen LogP contribution is -2.02. The number of nitrogens with two attached hydrogens (primary N) is 1. The number of benzene rings is 2. The molecule has 0 saturated carbocycles. The molecule has 18 heavy (non-hydrogen) atoms. The molecule has 3 nitrogen and oxygen atoms in total. The van der Waals surface area contributed by atoms with Gasteiger partial charge in [0.1, 0.15) is 5.82 Å². The van der Waals surface area contributed by atoms with Crippen LogP contribution in [0.25, 0.3) is 11.1 Å². The topological polar surface area (TPSA) is 60.2 Å². The summed E-state index contributed by atoms with van der Waals surface area (Å²) in [6, 6.07) is 10.7. The van der Waals surface area contributed by atoms with Crippen molar-refractivity contribution in [1.82, 2.24) is 0 Å². The molecule has 0 bridgehead atoms. The fraction of sp³-hybridized carbons (Fsp3) is 0.0769. The first-order valence-corrected chi connectivity index (χ1v) is 7.14. The van der Waals surface area contributed by atoms with Gasteiger partial charge in [0.15, 0.2) is 9.84 Å². The number of sulfone groups is 1. The molecule has 0 amide bonds. The van der Waals surface area contributed by atoms with Crippen LogP contribution in [0.15, 0.2) is 47.4 Å². The first kappa shape index (κ1) is 12.6. The van der Waals surface area contributed by atoms with Gasteiger partial charge in [-0.15, -0.1) is 0 Å². The van der Waals surface area contributed by atoms with E-state index in [1.165, 1.54) is 18.2 Å². The van der Waals surface area contributed by atoms with E-state index in [0.717, 1.165) is 6.26 Å². The highest BCUT2D eigenvalue weighted by Gasteiger charge is 2.16. The van der Waals surface area contributed by atoms with Crippen molar-refractivity contribution in [1.29, 1.82) is 0 Å². The van der Waals surface area contributed by atoms with E-state index in [1.807, 2.05) is 0 Å². The summed E-state index contributed by atoms with van der Waals surface area (Å²) < 4.78 is 36.8. The van der Waals surface area contributed by atoms with Crippen molar-refractivity contribution in [3.05, 3.63) is 48.3 Å². The second-order valence-corrected chi connectivity index (χ2v) is 5.95. The van der Waals surface area contributed by atoms with Crippen molar-refractivity contribution in [2.45, 2.75) is 4.90 Å². The summed E-state index contributed by atoms with van der Waals surface area (Å²) in [5, 5.41) is 0. The molecule has 5 heteroatoms. The summed E-state index contributed by atoms with van der Waals surface area (Å²) in [5.74, 6) is -0.559. The van der Waals surface area contributed by atoms with E-state index in [4.69, 9.17) is 5.73 Å². The number of para-hydroxylation sites is 1. The zero-order chi connectivity index (χ0) is 13.3. The number of anilines is 1. The van der Waals surface area contributed by atoms with Crippen molar-refractivity contribution >= 4 is 15.5 Å². The van der Waals surface area contributed by atoms with Gasteiger partial charge in [0.05, 0.1) is 10.6 Å². The average Bonchev–Trinajstić information content (AvgIpc) is 2.32. The highest BCUT2D eigenvalue weighted by atomic mass is 32.2. The molecule has 2 aromatic rings. The van der Waals surface area contributed by atoms with E-state index in [-0.39, 0.29) is 10.6 Å². The predicted molar refractivity (Wildman–Crippen MR) is 69.4 cm³/mol. The van der Waals surface area contributed by atoms with E-state index in [0.29, 0.717) is 11.1 Å². The van der Waals surface area contributed by atoms with Crippen molar-refractivity contribution < 1.29 is 12.8 Å². The van der Waals surface area contributed by atoms with Crippen LogP contribution in [0.4, 0.5) is 10.1 Å². The lowest BCUT2D eigenvalue weighted by atomic mass is 10.0. The summed E-state index contributed by atoms with van der Waals surface area (Å²) in [7, 11) is -3.39. The highest BCUT2D eigenvalue weighted by molar-refractivity contribution is 7.90. The maximum atomic E-state index is 13.4. The van der Waals surface area contributed by atoms with E-state index in [1.54, 1.807) is 24.3 Å². The van der Waals surface area contributed by atoms with Gasteiger partial charge in [0, 0.05) is 17.4 Å². The highest BCUT2D eigenvalue weighted by Crippen LogP contribution is 2.32. The fourth-order valence-electron chi connectivity index (χ4n) is 1.78. The van der Waals surface area contributed by atoms with Crippen molar-refractivity contribution in [2.24, 2.45) is 0 Å². The molecule has 0 aliphatic rings. The maximum Gasteiger partial charge on any atom is 0.176 e. The lowest BCUT2D eigenvalue weighted by Gasteiger charge is -2.10. The smallest absolute Gasteiger partial charge is 0.176 e. The zero-order valence-corrected chi connectivity index (χ0v) is 10.5. The minimum atomic E-state index is -3.39. The Balaban J connectivity index is 2.77. The van der Waals surface area contributed by atoms with E-state index in [9.17, 15) is 12.8 Å². The lowest BCUT2D eigenvalue weighted by molar-refractivity contribution is 0.602. The Kier molecular flexibility index (Phi) is 3.09.